The highest BCUT2D eigenvalue weighted by molar-refractivity contribution is 5.84. The third kappa shape index (κ3) is 3.77. The zero-order valence-corrected chi connectivity index (χ0v) is 13.4. The molecule has 0 radical (unpaired) electrons. The number of H-pyrrole nitrogens is 1. The van der Waals surface area contributed by atoms with Gasteiger partial charge in [0.2, 0.25) is 6.29 Å². The van der Waals surface area contributed by atoms with E-state index in [0.717, 1.165) is 16.5 Å². The SMILES string of the molecule is OC[C@H]1OC(ONCCc2c[nH]c3ccc(O)cc23)[C@H](O)[C@@H](O)[C@@H]1O. The van der Waals surface area contributed by atoms with E-state index in [-0.39, 0.29) is 5.75 Å². The van der Waals surface area contributed by atoms with E-state index in [1.54, 1.807) is 18.2 Å². The lowest BCUT2D eigenvalue weighted by atomic mass is 9.99. The standard InChI is InChI=1S/C16H22N2O7/c19-7-12-13(21)14(22)15(23)16(24-12)25-18-4-3-8-6-17-11-2-1-9(20)5-10(8)11/h1-2,5-6,12-23H,3-4,7H2/t12-,13-,14+,15-,16?/m1/s1. The van der Waals surface area contributed by atoms with Crippen LogP contribution in [0.2, 0.25) is 0 Å². The second-order valence-corrected chi connectivity index (χ2v) is 6.00. The third-order valence-electron chi connectivity index (χ3n) is 4.30. The minimum Gasteiger partial charge on any atom is -0.508 e. The Kier molecular flexibility index (Phi) is 5.54. The lowest BCUT2D eigenvalue weighted by Gasteiger charge is -2.39. The first-order valence-electron chi connectivity index (χ1n) is 7.99. The van der Waals surface area contributed by atoms with Gasteiger partial charge in [0.1, 0.15) is 30.2 Å². The molecule has 0 aliphatic carbocycles. The van der Waals surface area contributed by atoms with Crippen molar-refractivity contribution in [1.29, 1.82) is 0 Å². The summed E-state index contributed by atoms with van der Waals surface area (Å²) in [4.78, 5) is 8.32. The van der Waals surface area contributed by atoms with Crippen LogP contribution in [0, 0.1) is 0 Å². The number of phenolic OH excluding ortho intramolecular Hbond substituents is 1. The maximum atomic E-state index is 9.86. The highest BCUT2D eigenvalue weighted by atomic mass is 16.8. The number of aromatic hydroxyl groups is 1. The Hall–Kier alpha value is -1.72. The summed E-state index contributed by atoms with van der Waals surface area (Å²) in [5.41, 5.74) is 4.52. The Morgan fingerprint density at radius 1 is 1.16 bits per heavy atom. The number of benzene rings is 1. The summed E-state index contributed by atoms with van der Waals surface area (Å²) in [5.74, 6) is 0.180. The van der Waals surface area contributed by atoms with Gasteiger partial charge in [-0.1, -0.05) is 0 Å². The van der Waals surface area contributed by atoms with Gasteiger partial charge in [-0.15, -0.1) is 0 Å². The molecule has 1 unspecified atom stereocenters. The van der Waals surface area contributed by atoms with Gasteiger partial charge in [0.05, 0.1) is 6.61 Å². The Bertz CT molecular complexity index is 705. The summed E-state index contributed by atoms with van der Waals surface area (Å²) in [6, 6.07) is 5.05. The second-order valence-electron chi connectivity index (χ2n) is 6.00. The van der Waals surface area contributed by atoms with Crippen LogP contribution in [-0.2, 0) is 16.0 Å². The number of hydrogen-bond acceptors (Lipinski definition) is 8. The number of aliphatic hydroxyl groups excluding tert-OH is 4. The molecule has 2 heterocycles. The molecule has 1 fully saturated rings. The molecule has 1 aromatic heterocycles. The zero-order valence-electron chi connectivity index (χ0n) is 13.4. The lowest BCUT2D eigenvalue weighted by Crippen LogP contribution is -2.60. The molecule has 25 heavy (non-hydrogen) atoms. The van der Waals surface area contributed by atoms with E-state index in [9.17, 15) is 20.4 Å². The fourth-order valence-corrected chi connectivity index (χ4v) is 2.86. The minimum atomic E-state index is -1.48. The topological polar surface area (TPSA) is 147 Å². The fourth-order valence-electron chi connectivity index (χ4n) is 2.86. The molecular formula is C16H22N2O7. The molecule has 0 spiro atoms. The molecule has 138 valence electrons. The monoisotopic (exact) mass is 354 g/mol. The first kappa shape index (κ1) is 18.1. The van der Waals surface area contributed by atoms with E-state index < -0.39 is 37.3 Å². The Balaban J connectivity index is 1.53. The molecule has 1 aliphatic rings. The van der Waals surface area contributed by atoms with Crippen LogP contribution in [-0.4, -0.2) is 74.4 Å². The average Bonchev–Trinajstić information content (AvgIpc) is 3.00. The van der Waals surface area contributed by atoms with Crippen LogP contribution < -0.4 is 5.48 Å². The molecule has 5 atom stereocenters. The lowest BCUT2D eigenvalue weighted by molar-refractivity contribution is -0.315. The molecule has 1 aromatic carbocycles. The number of ether oxygens (including phenoxy) is 1. The third-order valence-corrected chi connectivity index (χ3v) is 4.30. The van der Waals surface area contributed by atoms with E-state index in [1.165, 1.54) is 0 Å². The second kappa shape index (κ2) is 7.67. The van der Waals surface area contributed by atoms with Gasteiger partial charge in [-0.2, -0.15) is 5.48 Å². The highest BCUT2D eigenvalue weighted by Crippen LogP contribution is 2.23. The van der Waals surface area contributed by atoms with Gasteiger partial charge >= 0.3 is 0 Å². The van der Waals surface area contributed by atoms with Gasteiger partial charge < -0.3 is 35.3 Å². The number of rotatable bonds is 6. The summed E-state index contributed by atoms with van der Waals surface area (Å²) in [7, 11) is 0. The van der Waals surface area contributed by atoms with Crippen molar-refractivity contribution in [1.82, 2.24) is 10.5 Å². The van der Waals surface area contributed by atoms with Crippen molar-refractivity contribution in [2.75, 3.05) is 13.2 Å². The molecule has 2 aromatic rings. The molecule has 9 nitrogen and oxygen atoms in total. The summed E-state index contributed by atoms with van der Waals surface area (Å²) >= 11 is 0. The predicted octanol–water partition coefficient (Wildman–Crippen LogP) is -1.26. The molecule has 0 saturated carbocycles. The van der Waals surface area contributed by atoms with E-state index in [0.29, 0.717) is 13.0 Å². The van der Waals surface area contributed by atoms with Crippen LogP contribution in [0.15, 0.2) is 24.4 Å². The number of aromatic nitrogens is 1. The predicted molar refractivity (Wildman–Crippen MR) is 86.5 cm³/mol. The molecule has 9 heteroatoms. The quantitative estimate of drug-likeness (QED) is 0.251. The summed E-state index contributed by atoms with van der Waals surface area (Å²) in [6.07, 6.45) is -4.17. The van der Waals surface area contributed by atoms with E-state index in [1.807, 2.05) is 6.20 Å². The van der Waals surface area contributed by atoms with E-state index in [4.69, 9.17) is 14.7 Å². The van der Waals surface area contributed by atoms with Crippen LogP contribution in [0.3, 0.4) is 0 Å². The van der Waals surface area contributed by atoms with E-state index in [2.05, 4.69) is 10.5 Å². The Morgan fingerprint density at radius 2 is 1.96 bits per heavy atom. The van der Waals surface area contributed by atoms with Crippen molar-refractivity contribution in [2.24, 2.45) is 0 Å². The van der Waals surface area contributed by atoms with Crippen LogP contribution in [0.1, 0.15) is 5.56 Å². The van der Waals surface area contributed by atoms with Gasteiger partial charge in [0.15, 0.2) is 0 Å². The largest absolute Gasteiger partial charge is 0.508 e. The van der Waals surface area contributed by atoms with E-state index >= 15 is 0 Å². The number of aliphatic hydroxyl groups is 4. The van der Waals surface area contributed by atoms with Gasteiger partial charge in [0, 0.05) is 23.6 Å². The summed E-state index contributed by atoms with van der Waals surface area (Å²) in [5, 5.41) is 48.9. The molecule has 1 saturated heterocycles. The molecule has 1 aliphatic heterocycles. The van der Waals surface area contributed by atoms with Gasteiger partial charge in [0.25, 0.3) is 0 Å². The summed E-state index contributed by atoms with van der Waals surface area (Å²) < 4.78 is 5.22. The van der Waals surface area contributed by atoms with Crippen molar-refractivity contribution in [3.63, 3.8) is 0 Å². The van der Waals surface area contributed by atoms with Crippen LogP contribution in [0.25, 0.3) is 10.9 Å². The van der Waals surface area contributed by atoms with Gasteiger partial charge in [-0.3, -0.25) is 4.84 Å². The number of hydroxylamine groups is 1. The minimum absolute atomic E-state index is 0.180. The smallest absolute Gasteiger partial charge is 0.206 e. The first-order valence-corrected chi connectivity index (χ1v) is 7.99. The highest BCUT2D eigenvalue weighted by Gasteiger charge is 2.44. The molecule has 3 rings (SSSR count). The number of hydrogen-bond donors (Lipinski definition) is 7. The number of phenols is 1. The molecule has 7 N–H and O–H groups in total. The average molecular weight is 354 g/mol. The molecule has 0 amide bonds. The van der Waals surface area contributed by atoms with Crippen LogP contribution in [0.5, 0.6) is 5.75 Å². The Morgan fingerprint density at radius 3 is 2.72 bits per heavy atom. The normalized spacial score (nSPS) is 30.0. The first-order chi connectivity index (χ1) is 12.0. The zero-order chi connectivity index (χ0) is 18.0. The number of aromatic amines is 1. The fraction of sp³-hybridized carbons (Fsp3) is 0.500. The van der Waals surface area contributed by atoms with Gasteiger partial charge in [-0.05, 0) is 30.2 Å². The van der Waals surface area contributed by atoms with Crippen LogP contribution in [0.4, 0.5) is 0 Å². The Labute approximate surface area is 143 Å². The maximum Gasteiger partial charge on any atom is 0.206 e. The van der Waals surface area contributed by atoms with Crippen molar-refractivity contribution >= 4 is 10.9 Å². The molecule has 0 bridgehead atoms. The summed E-state index contributed by atoms with van der Waals surface area (Å²) in [6.45, 7) is -0.138. The van der Waals surface area contributed by atoms with Crippen molar-refractivity contribution in [3.05, 3.63) is 30.0 Å². The maximum absolute atomic E-state index is 9.86. The number of fused-ring (bicyclic) bond motifs is 1. The number of nitrogens with one attached hydrogen (secondary N) is 2. The van der Waals surface area contributed by atoms with Crippen LogP contribution >= 0.6 is 0 Å². The van der Waals surface area contributed by atoms with Gasteiger partial charge in [-0.25, -0.2) is 0 Å². The van der Waals surface area contributed by atoms with Crippen molar-refractivity contribution in [3.8, 4) is 5.75 Å². The van der Waals surface area contributed by atoms with Crippen molar-refractivity contribution in [2.45, 2.75) is 37.1 Å². The van der Waals surface area contributed by atoms with Crippen molar-refractivity contribution < 1.29 is 35.1 Å². The molecular weight excluding hydrogens is 332 g/mol.